The second-order valence-electron chi connectivity index (χ2n) is 7.90. The lowest BCUT2D eigenvalue weighted by Gasteiger charge is -2.59. The number of unbranched alkanes of at least 4 members (excludes halogenated alkanes) is 2. The topological polar surface area (TPSA) is 49.9 Å². The van der Waals surface area contributed by atoms with E-state index in [4.69, 9.17) is 16.3 Å². The fraction of sp³-hybridized carbons (Fsp3) is 0.900. The van der Waals surface area contributed by atoms with E-state index in [2.05, 4.69) is 13.8 Å². The largest absolute Gasteiger partial charge is 0.378 e. The smallest absolute Gasteiger partial charge is 0.230 e. The van der Waals surface area contributed by atoms with E-state index in [0.29, 0.717) is 19.7 Å². The molecule has 1 saturated carbocycles. The van der Waals surface area contributed by atoms with Crippen molar-refractivity contribution in [2.45, 2.75) is 82.9 Å². The molecule has 26 heavy (non-hydrogen) atoms. The van der Waals surface area contributed by atoms with Crippen LogP contribution in [0.5, 0.6) is 0 Å². The molecule has 6 atom stereocenters. The maximum atomic E-state index is 13.5. The van der Waals surface area contributed by atoms with Crippen molar-refractivity contribution in [1.82, 2.24) is 9.80 Å². The van der Waals surface area contributed by atoms with Gasteiger partial charge in [-0.1, -0.05) is 26.7 Å². The summed E-state index contributed by atoms with van der Waals surface area (Å²) in [6.45, 7) is 8.20. The highest BCUT2D eigenvalue weighted by molar-refractivity contribution is 6.23. The molecule has 0 aromatic carbocycles. The fourth-order valence-electron chi connectivity index (χ4n) is 5.14. The molecule has 4 aliphatic heterocycles. The van der Waals surface area contributed by atoms with Gasteiger partial charge in [-0.3, -0.25) is 9.59 Å². The lowest BCUT2D eigenvalue weighted by atomic mass is 9.68. The molecule has 5 nitrogen and oxygen atoms in total. The quantitative estimate of drug-likeness (QED) is 0.604. The van der Waals surface area contributed by atoms with Crippen LogP contribution in [-0.2, 0) is 14.3 Å². The Morgan fingerprint density at radius 2 is 1.58 bits per heavy atom. The van der Waals surface area contributed by atoms with Crippen LogP contribution < -0.4 is 0 Å². The van der Waals surface area contributed by atoms with Gasteiger partial charge in [-0.2, -0.15) is 0 Å². The first-order chi connectivity index (χ1) is 12.6. The van der Waals surface area contributed by atoms with Crippen LogP contribution in [0.3, 0.4) is 0 Å². The molecule has 0 N–H and O–H groups in total. The van der Waals surface area contributed by atoms with Gasteiger partial charge in [0, 0.05) is 19.7 Å². The van der Waals surface area contributed by atoms with Gasteiger partial charge < -0.3 is 14.5 Å². The number of amides is 2. The lowest BCUT2D eigenvalue weighted by molar-refractivity contribution is -0.180. The Balaban J connectivity index is 2.00. The Kier molecular flexibility index (Phi) is 6.50. The van der Waals surface area contributed by atoms with E-state index in [1.54, 1.807) is 0 Å². The Morgan fingerprint density at radius 3 is 2.15 bits per heavy atom. The molecule has 4 bridgehead atoms. The normalized spacial score (nSPS) is 36.6. The molecule has 6 heteroatoms. The highest BCUT2D eigenvalue weighted by atomic mass is 35.5. The van der Waals surface area contributed by atoms with E-state index in [-0.39, 0.29) is 47.2 Å². The summed E-state index contributed by atoms with van der Waals surface area (Å²) in [7, 11) is 0. The second-order valence-corrected chi connectivity index (χ2v) is 8.40. The third-order valence-electron chi connectivity index (χ3n) is 6.37. The van der Waals surface area contributed by atoms with E-state index in [9.17, 15) is 9.59 Å². The highest BCUT2D eigenvalue weighted by Gasteiger charge is 2.62. The Hall–Kier alpha value is -0.810. The Morgan fingerprint density at radius 1 is 0.962 bits per heavy atom. The van der Waals surface area contributed by atoms with Crippen LogP contribution >= 0.6 is 11.6 Å². The third kappa shape index (κ3) is 3.26. The van der Waals surface area contributed by atoms with Crippen molar-refractivity contribution in [3.05, 3.63) is 0 Å². The molecule has 2 amide bonds. The van der Waals surface area contributed by atoms with E-state index in [1.807, 2.05) is 16.7 Å². The molecule has 5 fully saturated rings. The van der Waals surface area contributed by atoms with Crippen LogP contribution in [0.2, 0.25) is 0 Å². The first kappa shape index (κ1) is 19.9. The molecule has 4 saturated heterocycles. The van der Waals surface area contributed by atoms with Crippen LogP contribution in [0.15, 0.2) is 0 Å². The number of alkyl halides is 1. The van der Waals surface area contributed by atoms with Crippen molar-refractivity contribution in [2.75, 3.05) is 19.7 Å². The number of fused-ring (bicyclic) bond motifs is 2. The molecule has 5 aliphatic rings. The van der Waals surface area contributed by atoms with E-state index in [1.165, 1.54) is 0 Å². The predicted octanol–water partition coefficient (Wildman–Crippen LogP) is 3.05. The maximum absolute atomic E-state index is 13.5. The summed E-state index contributed by atoms with van der Waals surface area (Å²) >= 11 is 6.99. The Labute approximate surface area is 162 Å². The number of rotatable bonds is 8. The van der Waals surface area contributed by atoms with Crippen molar-refractivity contribution in [2.24, 2.45) is 11.8 Å². The number of carbonyl (C=O) groups is 2. The molecule has 2 unspecified atom stereocenters. The van der Waals surface area contributed by atoms with Crippen molar-refractivity contribution in [1.29, 1.82) is 0 Å². The zero-order chi connectivity index (χ0) is 18.8. The molecule has 4 heterocycles. The average Bonchev–Trinajstić information content (AvgIpc) is 2.61. The molecule has 0 spiro atoms. The van der Waals surface area contributed by atoms with Crippen LogP contribution in [0.4, 0.5) is 0 Å². The van der Waals surface area contributed by atoms with Gasteiger partial charge in [0.2, 0.25) is 11.8 Å². The van der Waals surface area contributed by atoms with Gasteiger partial charge in [0.15, 0.2) is 0 Å². The fourth-order valence-corrected chi connectivity index (χ4v) is 5.74. The predicted molar refractivity (Wildman–Crippen MR) is 102 cm³/mol. The summed E-state index contributed by atoms with van der Waals surface area (Å²) < 4.78 is 6.01. The second kappa shape index (κ2) is 8.47. The number of hydrogen-bond acceptors (Lipinski definition) is 3. The van der Waals surface area contributed by atoms with Crippen LogP contribution in [-0.4, -0.2) is 64.9 Å². The number of hydrogen-bond donors (Lipinski definition) is 0. The number of piperidine rings is 2. The minimum Gasteiger partial charge on any atom is -0.378 e. The summed E-state index contributed by atoms with van der Waals surface area (Å²) in [5.41, 5.74) is 0. The van der Waals surface area contributed by atoms with E-state index >= 15 is 0 Å². The zero-order valence-corrected chi connectivity index (χ0v) is 17.1. The van der Waals surface area contributed by atoms with E-state index in [0.717, 1.165) is 38.5 Å². The van der Waals surface area contributed by atoms with Gasteiger partial charge in [0.05, 0.1) is 35.4 Å². The highest BCUT2D eigenvalue weighted by Crippen LogP contribution is 2.47. The number of nitrogens with zero attached hydrogens (tertiary/aromatic N) is 2. The molecule has 0 radical (unpaired) electrons. The molecule has 0 aromatic heterocycles. The minimum absolute atomic E-state index is 0.135. The molecule has 1 aliphatic carbocycles. The minimum atomic E-state index is -0.326. The van der Waals surface area contributed by atoms with Gasteiger partial charge in [-0.05, 0) is 32.6 Å². The van der Waals surface area contributed by atoms with Crippen molar-refractivity contribution >= 4 is 23.4 Å². The molecular formula is C20H33ClN2O3. The maximum Gasteiger partial charge on any atom is 0.230 e. The van der Waals surface area contributed by atoms with Crippen molar-refractivity contribution in [3.8, 4) is 0 Å². The summed E-state index contributed by atoms with van der Waals surface area (Å²) in [5.74, 6) is -0.148. The lowest BCUT2D eigenvalue weighted by Crippen LogP contribution is -2.76. The molecule has 148 valence electrons. The molecule has 5 rings (SSSR count). The van der Waals surface area contributed by atoms with Crippen LogP contribution in [0.25, 0.3) is 0 Å². The summed E-state index contributed by atoms with van der Waals surface area (Å²) in [5, 5.41) is -0.197. The van der Waals surface area contributed by atoms with Gasteiger partial charge >= 0.3 is 0 Å². The van der Waals surface area contributed by atoms with Gasteiger partial charge in [0.1, 0.15) is 0 Å². The first-order valence-electron chi connectivity index (χ1n) is 10.4. The Bertz CT molecular complexity index is 523. The van der Waals surface area contributed by atoms with Crippen LogP contribution in [0.1, 0.15) is 59.3 Å². The first-order valence-corrected chi connectivity index (χ1v) is 10.9. The average molecular weight is 385 g/mol. The molecular weight excluding hydrogens is 352 g/mol. The van der Waals surface area contributed by atoms with Crippen molar-refractivity contribution in [3.63, 3.8) is 0 Å². The number of carbonyl (C=O) groups excluding carboxylic acids is 2. The SMILES string of the molecule is CCCCN1C(=O)[C@H]2CC[C@@H](OCC)C3C(=O)N(CCCC)[C@H]2[C@H](Cl)C31. The third-order valence-corrected chi connectivity index (χ3v) is 6.89. The van der Waals surface area contributed by atoms with E-state index < -0.39 is 0 Å². The molecule has 0 aromatic rings. The summed E-state index contributed by atoms with van der Waals surface area (Å²) in [6, 6.07) is -0.371. The van der Waals surface area contributed by atoms with Gasteiger partial charge in [-0.15, -0.1) is 11.6 Å². The van der Waals surface area contributed by atoms with Gasteiger partial charge in [0.25, 0.3) is 0 Å². The zero-order valence-electron chi connectivity index (χ0n) is 16.3. The monoisotopic (exact) mass is 384 g/mol. The summed E-state index contributed by atoms with van der Waals surface area (Å²) in [6.07, 6.45) is 5.34. The number of ether oxygens (including phenoxy) is 1. The number of halogens is 1. The summed E-state index contributed by atoms with van der Waals surface area (Å²) in [4.78, 5) is 30.6. The van der Waals surface area contributed by atoms with Crippen LogP contribution in [0, 0.1) is 11.8 Å². The standard InChI is InChI=1S/C20H33ClN2O3/c1-4-7-11-22-17-13-9-10-14(26-6-3)15(20(22)25)18(16(17)21)23(19(13)24)12-8-5-2/h13-18H,4-12H2,1-3H3/t13-,14+,15?,16-,17+,18?/m0/s1. The van der Waals surface area contributed by atoms with Gasteiger partial charge in [-0.25, -0.2) is 0 Å². The van der Waals surface area contributed by atoms with Crippen molar-refractivity contribution < 1.29 is 14.3 Å².